The second-order valence-electron chi connectivity index (χ2n) is 5.77. The summed E-state index contributed by atoms with van der Waals surface area (Å²) in [4.78, 5) is 12.3. The molecule has 0 amide bonds. The lowest BCUT2D eigenvalue weighted by molar-refractivity contribution is 0.104. The third kappa shape index (κ3) is 4.84. The highest BCUT2D eigenvalue weighted by Gasteiger charge is 2.02. The third-order valence-corrected chi connectivity index (χ3v) is 3.91. The zero-order valence-corrected chi connectivity index (χ0v) is 14.6. The van der Waals surface area contributed by atoms with Gasteiger partial charge in [0.05, 0.1) is 7.11 Å². The summed E-state index contributed by atoms with van der Waals surface area (Å²) in [6.45, 7) is 0.513. The van der Waals surface area contributed by atoms with Crippen LogP contribution in [0.5, 0.6) is 11.5 Å². The van der Waals surface area contributed by atoms with E-state index in [1.165, 1.54) is 0 Å². The Morgan fingerprint density at radius 2 is 1.65 bits per heavy atom. The number of hydrogen-bond donors (Lipinski definition) is 0. The molecule has 0 fully saturated rings. The van der Waals surface area contributed by atoms with Crippen LogP contribution in [0, 0.1) is 0 Å². The predicted molar refractivity (Wildman–Crippen MR) is 104 cm³/mol. The van der Waals surface area contributed by atoms with Crippen molar-refractivity contribution in [3.8, 4) is 11.5 Å². The number of carbonyl (C=O) groups is 1. The number of hydrogen-bond acceptors (Lipinski definition) is 3. The normalized spacial score (nSPS) is 10.7. The van der Waals surface area contributed by atoms with Crippen molar-refractivity contribution in [2.24, 2.45) is 0 Å². The second-order valence-corrected chi connectivity index (χ2v) is 5.77. The van der Waals surface area contributed by atoms with Crippen molar-refractivity contribution in [2.75, 3.05) is 7.11 Å². The summed E-state index contributed by atoms with van der Waals surface area (Å²) in [5, 5.41) is 0. The SMILES string of the molecule is COc1ccc(C(=O)C=Cc2cccc(OCc3ccccc3)c2)cc1. The van der Waals surface area contributed by atoms with Crippen LogP contribution in [0.3, 0.4) is 0 Å². The molecular weight excluding hydrogens is 324 g/mol. The lowest BCUT2D eigenvalue weighted by atomic mass is 10.1. The van der Waals surface area contributed by atoms with Gasteiger partial charge in [-0.05, 0) is 53.6 Å². The van der Waals surface area contributed by atoms with E-state index >= 15 is 0 Å². The minimum absolute atomic E-state index is 0.0525. The van der Waals surface area contributed by atoms with E-state index in [1.54, 1.807) is 43.5 Å². The van der Waals surface area contributed by atoms with E-state index in [-0.39, 0.29) is 5.78 Å². The molecule has 3 rings (SSSR count). The quantitative estimate of drug-likeness (QED) is 0.438. The van der Waals surface area contributed by atoms with Crippen LogP contribution in [0.1, 0.15) is 21.5 Å². The molecule has 0 aliphatic rings. The predicted octanol–water partition coefficient (Wildman–Crippen LogP) is 5.17. The molecule has 0 saturated heterocycles. The molecule has 3 aromatic rings. The minimum atomic E-state index is -0.0525. The Kier molecular flexibility index (Phi) is 5.84. The molecule has 0 bridgehead atoms. The average molecular weight is 344 g/mol. The molecule has 0 unspecified atom stereocenters. The van der Waals surface area contributed by atoms with Crippen LogP contribution in [-0.4, -0.2) is 12.9 Å². The Labute approximate surface area is 153 Å². The van der Waals surface area contributed by atoms with E-state index in [0.717, 1.165) is 22.6 Å². The summed E-state index contributed by atoms with van der Waals surface area (Å²) in [5.74, 6) is 1.45. The number of benzene rings is 3. The van der Waals surface area contributed by atoms with Gasteiger partial charge in [-0.15, -0.1) is 0 Å². The van der Waals surface area contributed by atoms with Gasteiger partial charge in [-0.2, -0.15) is 0 Å². The standard InChI is InChI=1S/C23H20O3/c1-25-21-13-11-20(12-14-21)23(24)15-10-18-8-5-9-22(16-18)26-17-19-6-3-2-4-7-19/h2-16H,17H2,1H3. The first-order valence-corrected chi connectivity index (χ1v) is 8.38. The van der Waals surface area contributed by atoms with Gasteiger partial charge in [-0.3, -0.25) is 4.79 Å². The Morgan fingerprint density at radius 1 is 0.885 bits per heavy atom. The molecule has 0 atom stereocenters. The summed E-state index contributed by atoms with van der Waals surface area (Å²) >= 11 is 0. The van der Waals surface area contributed by atoms with Crippen LogP contribution >= 0.6 is 0 Å². The first-order valence-electron chi connectivity index (χ1n) is 8.38. The molecule has 3 nitrogen and oxygen atoms in total. The largest absolute Gasteiger partial charge is 0.497 e. The topological polar surface area (TPSA) is 35.5 Å². The van der Waals surface area contributed by atoms with E-state index < -0.39 is 0 Å². The second kappa shape index (κ2) is 8.67. The Morgan fingerprint density at radius 3 is 2.38 bits per heavy atom. The number of ketones is 1. The smallest absolute Gasteiger partial charge is 0.185 e. The van der Waals surface area contributed by atoms with Crippen LogP contribution in [0.4, 0.5) is 0 Å². The lowest BCUT2D eigenvalue weighted by Crippen LogP contribution is -1.95. The maximum absolute atomic E-state index is 12.3. The maximum atomic E-state index is 12.3. The lowest BCUT2D eigenvalue weighted by Gasteiger charge is -2.07. The highest BCUT2D eigenvalue weighted by molar-refractivity contribution is 6.06. The zero-order valence-electron chi connectivity index (χ0n) is 14.6. The van der Waals surface area contributed by atoms with Gasteiger partial charge >= 0.3 is 0 Å². The van der Waals surface area contributed by atoms with Gasteiger partial charge in [-0.25, -0.2) is 0 Å². The minimum Gasteiger partial charge on any atom is -0.497 e. The first kappa shape index (κ1) is 17.5. The van der Waals surface area contributed by atoms with E-state index in [1.807, 2.05) is 54.6 Å². The first-order chi connectivity index (χ1) is 12.7. The van der Waals surface area contributed by atoms with Crippen LogP contribution in [-0.2, 0) is 6.61 Å². The molecule has 0 saturated carbocycles. The van der Waals surface area contributed by atoms with Crippen molar-refractivity contribution >= 4 is 11.9 Å². The number of rotatable bonds is 7. The van der Waals surface area contributed by atoms with Crippen LogP contribution in [0.25, 0.3) is 6.08 Å². The van der Waals surface area contributed by atoms with Crippen LogP contribution < -0.4 is 9.47 Å². The highest BCUT2D eigenvalue weighted by Crippen LogP contribution is 2.17. The summed E-state index contributed by atoms with van der Waals surface area (Å²) < 4.78 is 10.9. The molecule has 0 heterocycles. The monoisotopic (exact) mass is 344 g/mol. The molecule has 0 radical (unpaired) electrons. The van der Waals surface area contributed by atoms with Crippen LogP contribution in [0.2, 0.25) is 0 Å². The molecular formula is C23H20O3. The molecule has 3 aromatic carbocycles. The molecule has 0 aliphatic heterocycles. The van der Waals surface area contributed by atoms with Crippen molar-refractivity contribution < 1.29 is 14.3 Å². The molecule has 0 N–H and O–H groups in total. The fourth-order valence-corrected chi connectivity index (χ4v) is 2.47. The van der Waals surface area contributed by atoms with Crippen molar-refractivity contribution in [2.45, 2.75) is 6.61 Å². The van der Waals surface area contributed by atoms with E-state index in [2.05, 4.69) is 0 Å². The van der Waals surface area contributed by atoms with Gasteiger partial charge in [0.25, 0.3) is 0 Å². The van der Waals surface area contributed by atoms with Gasteiger partial charge in [0.15, 0.2) is 5.78 Å². The van der Waals surface area contributed by atoms with E-state index in [4.69, 9.17) is 9.47 Å². The van der Waals surface area contributed by atoms with Gasteiger partial charge in [0.1, 0.15) is 18.1 Å². The van der Waals surface area contributed by atoms with Crippen molar-refractivity contribution in [3.63, 3.8) is 0 Å². The van der Waals surface area contributed by atoms with Gasteiger partial charge < -0.3 is 9.47 Å². The van der Waals surface area contributed by atoms with E-state index in [0.29, 0.717) is 12.2 Å². The highest BCUT2D eigenvalue weighted by atomic mass is 16.5. The molecule has 130 valence electrons. The van der Waals surface area contributed by atoms with E-state index in [9.17, 15) is 4.79 Å². The average Bonchev–Trinajstić information content (AvgIpc) is 2.71. The molecule has 0 aromatic heterocycles. The van der Waals surface area contributed by atoms with Gasteiger partial charge in [0.2, 0.25) is 0 Å². The maximum Gasteiger partial charge on any atom is 0.185 e. The van der Waals surface area contributed by atoms with Crippen molar-refractivity contribution in [1.82, 2.24) is 0 Å². The van der Waals surface area contributed by atoms with Crippen LogP contribution in [0.15, 0.2) is 84.9 Å². The summed E-state index contributed by atoms with van der Waals surface area (Å²) in [7, 11) is 1.60. The molecule has 26 heavy (non-hydrogen) atoms. The zero-order chi connectivity index (χ0) is 18.2. The molecule has 0 aliphatic carbocycles. The van der Waals surface area contributed by atoms with Gasteiger partial charge in [-0.1, -0.05) is 48.5 Å². The number of carbonyl (C=O) groups excluding carboxylic acids is 1. The summed E-state index contributed by atoms with van der Waals surface area (Å²) in [6.07, 6.45) is 3.36. The van der Waals surface area contributed by atoms with Crippen molar-refractivity contribution in [3.05, 3.63) is 102 Å². The number of ether oxygens (including phenoxy) is 2. The molecule has 0 spiro atoms. The number of allylic oxidation sites excluding steroid dienone is 1. The summed E-state index contributed by atoms with van der Waals surface area (Å²) in [5.41, 5.74) is 2.65. The van der Waals surface area contributed by atoms with Gasteiger partial charge in [0, 0.05) is 5.56 Å². The third-order valence-electron chi connectivity index (χ3n) is 3.91. The fraction of sp³-hybridized carbons (Fsp3) is 0.0870. The summed E-state index contributed by atoms with van der Waals surface area (Å²) in [6, 6.07) is 24.7. The fourth-order valence-electron chi connectivity index (χ4n) is 2.47. The number of methoxy groups -OCH3 is 1. The Balaban J connectivity index is 1.63. The molecule has 3 heteroatoms. The Hall–Kier alpha value is -3.33. The Bertz CT molecular complexity index is 881. The van der Waals surface area contributed by atoms with Crippen molar-refractivity contribution in [1.29, 1.82) is 0 Å².